The minimum absolute atomic E-state index is 0.413. The third kappa shape index (κ3) is 4.47. The van der Waals surface area contributed by atoms with Crippen LogP contribution in [-0.4, -0.2) is 27.0 Å². The summed E-state index contributed by atoms with van der Waals surface area (Å²) >= 11 is 19.4. The van der Waals surface area contributed by atoms with Crippen molar-refractivity contribution < 1.29 is 0 Å². The molecule has 7 heteroatoms. The molecule has 1 saturated heterocycles. The van der Waals surface area contributed by atoms with E-state index in [1.807, 2.05) is 29.2 Å². The van der Waals surface area contributed by atoms with Gasteiger partial charge in [-0.15, -0.1) is 0 Å². The first-order chi connectivity index (χ1) is 11.9. The third-order valence-electron chi connectivity index (χ3n) is 3.72. The van der Waals surface area contributed by atoms with Crippen molar-refractivity contribution in [1.82, 2.24) is 4.90 Å². The van der Waals surface area contributed by atoms with Crippen LogP contribution in [0.1, 0.15) is 12.5 Å². The molecule has 0 radical (unpaired) electrons. The van der Waals surface area contributed by atoms with Gasteiger partial charge in [-0.2, -0.15) is 0 Å². The van der Waals surface area contributed by atoms with E-state index in [9.17, 15) is 0 Å². The molecule has 0 aromatic heterocycles. The zero-order valence-electron chi connectivity index (χ0n) is 13.8. The minimum atomic E-state index is 0.413. The molecule has 3 rings (SSSR count). The number of anilines is 1. The predicted molar refractivity (Wildman–Crippen MR) is 115 cm³/mol. The van der Waals surface area contributed by atoms with Crippen LogP contribution in [-0.2, 0) is 0 Å². The van der Waals surface area contributed by atoms with Crippen LogP contribution in [0.15, 0.2) is 47.5 Å². The van der Waals surface area contributed by atoms with Crippen LogP contribution in [0.4, 0.5) is 11.4 Å². The Morgan fingerprint density at radius 3 is 2.72 bits per heavy atom. The zero-order valence-corrected chi connectivity index (χ0v) is 16.9. The molecule has 0 amide bonds. The lowest BCUT2D eigenvalue weighted by Crippen LogP contribution is -2.36. The SMILES string of the molecule is Cc1ccccc1N=C1SC(C)CN1C(=S)Nc1ccc(Cl)c(Cl)c1. The molecule has 1 unspecified atom stereocenters. The number of hydrogen-bond acceptors (Lipinski definition) is 3. The number of aliphatic imine (C=N–C) groups is 1. The largest absolute Gasteiger partial charge is 0.332 e. The van der Waals surface area contributed by atoms with Gasteiger partial charge in [-0.05, 0) is 49.0 Å². The number of para-hydroxylation sites is 1. The number of nitrogens with one attached hydrogen (secondary N) is 1. The van der Waals surface area contributed by atoms with Crippen molar-refractivity contribution >= 4 is 68.8 Å². The quantitative estimate of drug-likeness (QED) is 0.604. The van der Waals surface area contributed by atoms with Gasteiger partial charge in [-0.25, -0.2) is 4.99 Å². The smallest absolute Gasteiger partial charge is 0.179 e. The average molecular weight is 410 g/mol. The Kier molecular flexibility index (Phi) is 5.89. The first-order valence-electron chi connectivity index (χ1n) is 7.78. The van der Waals surface area contributed by atoms with Gasteiger partial charge < -0.3 is 5.32 Å². The van der Waals surface area contributed by atoms with Crippen LogP contribution in [0.5, 0.6) is 0 Å². The van der Waals surface area contributed by atoms with Crippen molar-refractivity contribution in [2.45, 2.75) is 19.1 Å². The topological polar surface area (TPSA) is 27.6 Å². The summed E-state index contributed by atoms with van der Waals surface area (Å²) in [6, 6.07) is 13.4. The van der Waals surface area contributed by atoms with Gasteiger partial charge in [0, 0.05) is 17.5 Å². The highest BCUT2D eigenvalue weighted by Crippen LogP contribution is 2.30. The zero-order chi connectivity index (χ0) is 18.0. The molecule has 2 aromatic carbocycles. The fourth-order valence-electron chi connectivity index (χ4n) is 2.43. The Morgan fingerprint density at radius 1 is 1.24 bits per heavy atom. The van der Waals surface area contributed by atoms with Gasteiger partial charge >= 0.3 is 0 Å². The lowest BCUT2D eigenvalue weighted by Gasteiger charge is -2.20. The van der Waals surface area contributed by atoms with Gasteiger partial charge in [0.1, 0.15) is 0 Å². The number of aryl methyl sites for hydroxylation is 1. The number of amidine groups is 1. The second kappa shape index (κ2) is 7.96. The number of thiocarbonyl (C=S) groups is 1. The highest BCUT2D eigenvalue weighted by Gasteiger charge is 2.29. The summed E-state index contributed by atoms with van der Waals surface area (Å²) in [7, 11) is 0. The number of hydrogen-bond donors (Lipinski definition) is 1. The molecule has 1 heterocycles. The number of thioether (sulfide) groups is 1. The summed E-state index contributed by atoms with van der Waals surface area (Å²) in [5, 5.41) is 6.15. The fraction of sp³-hybridized carbons (Fsp3) is 0.222. The van der Waals surface area contributed by atoms with E-state index in [4.69, 9.17) is 40.4 Å². The van der Waals surface area contributed by atoms with Crippen molar-refractivity contribution in [2.75, 3.05) is 11.9 Å². The normalized spacial score (nSPS) is 18.6. The van der Waals surface area contributed by atoms with E-state index in [0.717, 1.165) is 28.7 Å². The lowest BCUT2D eigenvalue weighted by atomic mass is 10.2. The van der Waals surface area contributed by atoms with E-state index in [1.165, 1.54) is 0 Å². The summed E-state index contributed by atoms with van der Waals surface area (Å²) < 4.78 is 0. The van der Waals surface area contributed by atoms with Crippen LogP contribution in [0.25, 0.3) is 0 Å². The molecule has 1 aliphatic heterocycles. The van der Waals surface area contributed by atoms with Gasteiger partial charge in [0.2, 0.25) is 0 Å². The Labute approximate surface area is 167 Å². The van der Waals surface area contributed by atoms with Gasteiger partial charge in [-0.3, -0.25) is 4.90 Å². The Bertz CT molecular complexity index is 839. The monoisotopic (exact) mass is 409 g/mol. The summed E-state index contributed by atoms with van der Waals surface area (Å²) in [6.07, 6.45) is 0. The molecule has 3 nitrogen and oxygen atoms in total. The van der Waals surface area contributed by atoms with Gasteiger partial charge in [0.05, 0.1) is 15.7 Å². The van der Waals surface area contributed by atoms with Gasteiger partial charge in [-0.1, -0.05) is 60.1 Å². The van der Waals surface area contributed by atoms with Crippen LogP contribution < -0.4 is 5.32 Å². The van der Waals surface area contributed by atoms with Crippen molar-refractivity contribution in [3.05, 3.63) is 58.1 Å². The second-order valence-electron chi connectivity index (χ2n) is 5.78. The lowest BCUT2D eigenvalue weighted by molar-refractivity contribution is 0.641. The molecule has 0 spiro atoms. The van der Waals surface area contributed by atoms with E-state index in [-0.39, 0.29) is 0 Å². The maximum absolute atomic E-state index is 6.08. The van der Waals surface area contributed by atoms with Crippen molar-refractivity contribution in [2.24, 2.45) is 4.99 Å². The Balaban J connectivity index is 1.82. The third-order valence-corrected chi connectivity index (χ3v) is 5.86. The van der Waals surface area contributed by atoms with Crippen molar-refractivity contribution in [3.63, 3.8) is 0 Å². The van der Waals surface area contributed by atoms with E-state index < -0.39 is 0 Å². The molecule has 1 fully saturated rings. The molecule has 1 N–H and O–H groups in total. The Morgan fingerprint density at radius 2 is 2.00 bits per heavy atom. The van der Waals surface area contributed by atoms with E-state index in [0.29, 0.717) is 20.4 Å². The summed E-state index contributed by atoms with van der Waals surface area (Å²) in [5.41, 5.74) is 2.90. The van der Waals surface area contributed by atoms with E-state index in [2.05, 4.69) is 25.2 Å². The number of halogens is 2. The van der Waals surface area contributed by atoms with E-state index >= 15 is 0 Å². The maximum atomic E-state index is 6.08. The molecule has 130 valence electrons. The van der Waals surface area contributed by atoms with Crippen molar-refractivity contribution in [1.29, 1.82) is 0 Å². The molecule has 0 saturated carbocycles. The second-order valence-corrected chi connectivity index (χ2v) is 8.39. The highest BCUT2D eigenvalue weighted by molar-refractivity contribution is 8.14. The molecule has 0 aliphatic carbocycles. The standard InChI is InChI=1S/C18H17Cl2N3S2/c1-11-5-3-4-6-16(11)22-18-23(10-12(2)25-18)17(24)21-13-7-8-14(19)15(20)9-13/h3-9,12H,10H2,1-2H3,(H,21,24). The molecule has 1 atom stereocenters. The summed E-state index contributed by atoms with van der Waals surface area (Å²) in [4.78, 5) is 6.84. The molecule has 1 aliphatic rings. The molecule has 2 aromatic rings. The van der Waals surface area contributed by atoms with Crippen LogP contribution in [0.2, 0.25) is 10.0 Å². The average Bonchev–Trinajstić information content (AvgIpc) is 2.94. The van der Waals surface area contributed by atoms with Crippen LogP contribution >= 0.6 is 47.2 Å². The predicted octanol–water partition coefficient (Wildman–Crippen LogP) is 6.12. The van der Waals surface area contributed by atoms with Crippen LogP contribution in [0, 0.1) is 6.92 Å². The maximum Gasteiger partial charge on any atom is 0.179 e. The summed E-state index contributed by atoms with van der Waals surface area (Å²) in [5.74, 6) is 0. The number of nitrogens with zero attached hydrogens (tertiary/aromatic N) is 2. The number of rotatable bonds is 2. The molecular formula is C18H17Cl2N3S2. The molecule has 0 bridgehead atoms. The Hall–Kier alpha value is -1.27. The highest BCUT2D eigenvalue weighted by atomic mass is 35.5. The number of benzene rings is 2. The first-order valence-corrected chi connectivity index (χ1v) is 9.83. The van der Waals surface area contributed by atoms with E-state index in [1.54, 1.807) is 23.9 Å². The summed E-state index contributed by atoms with van der Waals surface area (Å²) in [6.45, 7) is 5.03. The van der Waals surface area contributed by atoms with Crippen LogP contribution in [0.3, 0.4) is 0 Å². The van der Waals surface area contributed by atoms with Crippen molar-refractivity contribution in [3.8, 4) is 0 Å². The van der Waals surface area contributed by atoms with Gasteiger partial charge in [0.15, 0.2) is 10.3 Å². The fourth-order valence-corrected chi connectivity index (χ4v) is 4.09. The van der Waals surface area contributed by atoms with Gasteiger partial charge in [0.25, 0.3) is 0 Å². The first kappa shape index (κ1) is 18.5. The molecule has 25 heavy (non-hydrogen) atoms. The minimum Gasteiger partial charge on any atom is -0.332 e. The molecular weight excluding hydrogens is 393 g/mol.